The van der Waals surface area contributed by atoms with Gasteiger partial charge in [-0.1, -0.05) is 12.1 Å². The highest BCUT2D eigenvalue weighted by Gasteiger charge is 2.25. The predicted octanol–water partition coefficient (Wildman–Crippen LogP) is 5.26. The maximum Gasteiger partial charge on any atom is 0.338 e. The highest BCUT2D eigenvalue weighted by Crippen LogP contribution is 2.27. The third kappa shape index (κ3) is 4.17. The quantitative estimate of drug-likeness (QED) is 0.146. The van der Waals surface area contributed by atoms with E-state index in [1.54, 1.807) is 42.7 Å². The number of carbonyl (C=O) groups is 1. The molecule has 1 N–H and O–H groups in total. The van der Waals surface area contributed by atoms with E-state index in [4.69, 9.17) is 9.15 Å². The van der Waals surface area contributed by atoms with Crippen LogP contribution in [0.3, 0.4) is 0 Å². The lowest BCUT2D eigenvalue weighted by Crippen LogP contribution is -2.06. The fourth-order valence-corrected chi connectivity index (χ4v) is 2.43. The van der Waals surface area contributed by atoms with Crippen LogP contribution in [0.4, 0.5) is 27.6 Å². The summed E-state index contributed by atoms with van der Waals surface area (Å²) >= 11 is 0. The van der Waals surface area contributed by atoms with Gasteiger partial charge in [0.15, 0.2) is 23.3 Å². The molecule has 0 bridgehead atoms. The highest BCUT2D eigenvalue weighted by atomic mass is 19.2. The van der Waals surface area contributed by atoms with Crippen LogP contribution in [-0.2, 0) is 4.74 Å². The first-order chi connectivity index (χ1) is 14.3. The number of hydrazone groups is 1. The molecule has 0 amide bonds. The van der Waals surface area contributed by atoms with E-state index >= 15 is 0 Å². The Morgan fingerprint density at radius 1 is 0.967 bits per heavy atom. The number of hydrogen-bond acceptors (Lipinski definition) is 5. The monoisotopic (exact) mass is 424 g/mol. The third-order valence-corrected chi connectivity index (χ3v) is 3.89. The molecule has 0 radical (unpaired) electrons. The molecule has 0 fully saturated rings. The summed E-state index contributed by atoms with van der Waals surface area (Å²) in [4.78, 5) is 11.6. The average molecular weight is 424 g/mol. The minimum absolute atomic E-state index is 0.135. The number of rotatable bonds is 6. The van der Waals surface area contributed by atoms with Crippen molar-refractivity contribution in [1.29, 1.82) is 0 Å². The Balaban J connectivity index is 1.74. The Morgan fingerprint density at radius 3 is 2.17 bits per heavy atom. The van der Waals surface area contributed by atoms with Crippen molar-refractivity contribution in [2.24, 2.45) is 5.10 Å². The minimum atomic E-state index is -2.26. The standard InChI is InChI=1S/C20H13F5N2O3/c1-2-29-20(28)11-5-3-10(4-6-11)13-8-7-12(30-13)9-26-27-19-17(24)15(22)14(21)16(23)18(19)25/h3-9,27H,2H2,1H3/b26-9-. The number of ether oxygens (including phenoxy) is 1. The van der Waals surface area contributed by atoms with Crippen LogP contribution in [0.25, 0.3) is 11.3 Å². The van der Waals surface area contributed by atoms with Gasteiger partial charge in [0.05, 0.1) is 18.4 Å². The smallest absolute Gasteiger partial charge is 0.338 e. The molecule has 1 aromatic heterocycles. The van der Waals surface area contributed by atoms with Crippen LogP contribution < -0.4 is 5.43 Å². The highest BCUT2D eigenvalue weighted by molar-refractivity contribution is 5.90. The summed E-state index contributed by atoms with van der Waals surface area (Å²) in [5.41, 5.74) is 1.48. The molecular weight excluding hydrogens is 411 g/mol. The normalized spacial score (nSPS) is 11.1. The Hall–Kier alpha value is -3.69. The van der Waals surface area contributed by atoms with E-state index in [1.165, 1.54) is 6.07 Å². The number of halogens is 5. The second kappa shape index (κ2) is 8.76. The van der Waals surface area contributed by atoms with Crippen molar-refractivity contribution in [1.82, 2.24) is 0 Å². The zero-order valence-corrected chi connectivity index (χ0v) is 15.3. The van der Waals surface area contributed by atoms with E-state index < -0.39 is 40.7 Å². The first kappa shape index (κ1) is 21.0. The first-order valence-corrected chi connectivity index (χ1v) is 8.51. The van der Waals surface area contributed by atoms with Gasteiger partial charge in [-0.15, -0.1) is 0 Å². The lowest BCUT2D eigenvalue weighted by atomic mass is 10.1. The van der Waals surface area contributed by atoms with Crippen molar-refractivity contribution in [3.63, 3.8) is 0 Å². The summed E-state index contributed by atoms with van der Waals surface area (Å²) in [5.74, 6) is -10.4. The van der Waals surface area contributed by atoms with Crippen LogP contribution >= 0.6 is 0 Å². The molecular formula is C20H13F5N2O3. The number of furan rings is 1. The number of nitrogens with one attached hydrogen (secondary N) is 1. The van der Waals surface area contributed by atoms with Gasteiger partial charge < -0.3 is 9.15 Å². The second-order valence-corrected chi connectivity index (χ2v) is 5.81. The van der Waals surface area contributed by atoms with E-state index in [2.05, 4.69) is 5.10 Å². The van der Waals surface area contributed by atoms with E-state index in [1.807, 2.05) is 0 Å². The largest absolute Gasteiger partial charge is 0.462 e. The SMILES string of the molecule is CCOC(=O)c1ccc(-c2ccc(/C=N\Nc3c(F)c(F)c(F)c(F)c3F)o2)cc1. The maximum absolute atomic E-state index is 13.6. The number of carbonyl (C=O) groups excluding carboxylic acids is 1. The zero-order valence-electron chi connectivity index (χ0n) is 15.3. The van der Waals surface area contributed by atoms with Gasteiger partial charge in [-0.05, 0) is 31.2 Å². The molecule has 0 atom stereocenters. The summed E-state index contributed by atoms with van der Waals surface area (Å²) in [7, 11) is 0. The van der Waals surface area contributed by atoms with Crippen LogP contribution in [0.1, 0.15) is 23.0 Å². The van der Waals surface area contributed by atoms with Crippen molar-refractivity contribution >= 4 is 17.9 Å². The second-order valence-electron chi connectivity index (χ2n) is 5.81. The molecule has 0 saturated carbocycles. The summed E-state index contributed by atoms with van der Waals surface area (Å²) in [6, 6.07) is 9.39. The topological polar surface area (TPSA) is 63.8 Å². The van der Waals surface area contributed by atoms with E-state index in [-0.39, 0.29) is 12.4 Å². The van der Waals surface area contributed by atoms with Gasteiger partial charge in [0.1, 0.15) is 17.2 Å². The summed E-state index contributed by atoms with van der Waals surface area (Å²) in [6.07, 6.45) is 0.995. The first-order valence-electron chi connectivity index (χ1n) is 8.51. The van der Waals surface area contributed by atoms with Crippen molar-refractivity contribution in [3.05, 3.63) is 76.8 Å². The molecule has 156 valence electrons. The molecule has 1 heterocycles. The van der Waals surface area contributed by atoms with E-state index in [9.17, 15) is 26.7 Å². The summed E-state index contributed by atoms with van der Waals surface area (Å²) in [5, 5.41) is 3.44. The molecule has 30 heavy (non-hydrogen) atoms. The van der Waals surface area contributed by atoms with Crippen LogP contribution in [0.2, 0.25) is 0 Å². The van der Waals surface area contributed by atoms with Crippen LogP contribution in [-0.4, -0.2) is 18.8 Å². The minimum Gasteiger partial charge on any atom is -0.462 e. The Kier molecular flexibility index (Phi) is 6.14. The fourth-order valence-electron chi connectivity index (χ4n) is 2.43. The number of hydrogen-bond donors (Lipinski definition) is 1. The maximum atomic E-state index is 13.6. The zero-order chi connectivity index (χ0) is 21.8. The summed E-state index contributed by atoms with van der Waals surface area (Å²) in [6.45, 7) is 1.94. The van der Waals surface area contributed by atoms with Crippen molar-refractivity contribution in [2.75, 3.05) is 12.0 Å². The van der Waals surface area contributed by atoms with E-state index in [0.29, 0.717) is 16.9 Å². The molecule has 10 heteroatoms. The molecule has 0 aliphatic carbocycles. The molecule has 0 saturated heterocycles. The van der Waals surface area contributed by atoms with Gasteiger partial charge in [-0.25, -0.2) is 26.7 Å². The van der Waals surface area contributed by atoms with Crippen LogP contribution in [0, 0.1) is 29.1 Å². The third-order valence-electron chi connectivity index (χ3n) is 3.89. The lowest BCUT2D eigenvalue weighted by Gasteiger charge is -2.06. The molecule has 3 aromatic rings. The van der Waals surface area contributed by atoms with E-state index in [0.717, 1.165) is 6.21 Å². The van der Waals surface area contributed by atoms with Crippen molar-refractivity contribution in [3.8, 4) is 11.3 Å². The molecule has 0 unspecified atom stereocenters. The number of nitrogens with zero attached hydrogens (tertiary/aromatic N) is 1. The van der Waals surface area contributed by atoms with Gasteiger partial charge in [0, 0.05) is 5.56 Å². The van der Waals surface area contributed by atoms with Gasteiger partial charge in [0.25, 0.3) is 0 Å². The summed E-state index contributed by atoms with van der Waals surface area (Å²) < 4.78 is 76.9. The number of esters is 1. The van der Waals surface area contributed by atoms with Gasteiger partial charge in [-0.3, -0.25) is 5.43 Å². The molecule has 3 rings (SSSR count). The Morgan fingerprint density at radius 2 is 1.57 bits per heavy atom. The molecule has 2 aromatic carbocycles. The fraction of sp³-hybridized carbons (Fsp3) is 0.100. The molecule has 0 spiro atoms. The average Bonchev–Trinajstić information content (AvgIpc) is 3.22. The number of benzene rings is 2. The Bertz CT molecular complexity index is 1080. The number of anilines is 1. The predicted molar refractivity (Wildman–Crippen MR) is 97.5 cm³/mol. The molecule has 5 nitrogen and oxygen atoms in total. The Labute approximate surface area is 166 Å². The van der Waals surface area contributed by atoms with Gasteiger partial charge in [0.2, 0.25) is 5.82 Å². The van der Waals surface area contributed by atoms with Crippen molar-refractivity contribution in [2.45, 2.75) is 6.92 Å². The van der Waals surface area contributed by atoms with Crippen LogP contribution in [0.5, 0.6) is 0 Å². The van der Waals surface area contributed by atoms with Gasteiger partial charge in [-0.2, -0.15) is 5.10 Å². The van der Waals surface area contributed by atoms with Crippen molar-refractivity contribution < 1.29 is 35.9 Å². The lowest BCUT2D eigenvalue weighted by molar-refractivity contribution is 0.0526. The van der Waals surface area contributed by atoms with Gasteiger partial charge >= 0.3 is 5.97 Å². The molecule has 0 aliphatic heterocycles. The molecule has 0 aliphatic rings. The van der Waals surface area contributed by atoms with Crippen LogP contribution in [0.15, 0.2) is 45.9 Å².